The van der Waals surface area contributed by atoms with E-state index in [1.807, 2.05) is 0 Å². The smallest absolute Gasteiger partial charge is 0.319 e. The van der Waals surface area contributed by atoms with Crippen molar-refractivity contribution in [2.45, 2.75) is 45.6 Å². The van der Waals surface area contributed by atoms with Gasteiger partial charge in [-0.2, -0.15) is 22.0 Å². The summed E-state index contributed by atoms with van der Waals surface area (Å²) in [5, 5.41) is 0. The molecule has 0 heterocycles. The molecule has 0 saturated heterocycles. The van der Waals surface area contributed by atoms with Gasteiger partial charge in [-0.15, -0.1) is 0 Å². The van der Waals surface area contributed by atoms with Gasteiger partial charge in [0.25, 0.3) is 0 Å². The molecule has 0 spiro atoms. The maximum Gasteiger partial charge on any atom is 0.391 e. The molecule has 0 aliphatic heterocycles. The predicted octanol–water partition coefficient (Wildman–Crippen LogP) is 3.59. The van der Waals surface area contributed by atoms with E-state index in [0.717, 1.165) is 0 Å². The van der Waals surface area contributed by atoms with Gasteiger partial charge in [-0.05, 0) is 12.3 Å². The highest BCUT2D eigenvalue weighted by Gasteiger charge is 2.33. The first-order chi connectivity index (χ1) is 6.20. The van der Waals surface area contributed by atoms with E-state index in [0.29, 0.717) is 0 Å². The average Bonchev–Trinajstić information content (AvgIpc) is 1.77. The van der Waals surface area contributed by atoms with Crippen LogP contribution in [0.1, 0.15) is 26.7 Å². The molecule has 0 fully saturated rings. The number of rotatable bonds is 5. The first-order valence-corrected chi connectivity index (χ1v) is 4.21. The lowest BCUT2D eigenvalue weighted by Crippen LogP contribution is -2.25. The molecular formula is C8H13F5O. The van der Waals surface area contributed by atoms with Gasteiger partial charge >= 0.3 is 12.8 Å². The second-order valence-electron chi connectivity index (χ2n) is 3.47. The van der Waals surface area contributed by atoms with Crippen molar-refractivity contribution in [3.8, 4) is 0 Å². The Hall–Kier alpha value is -0.390. The second kappa shape index (κ2) is 5.48. The van der Waals surface area contributed by atoms with Crippen LogP contribution in [0.3, 0.4) is 0 Å². The number of hydrogen-bond acceptors (Lipinski definition) is 1. The highest BCUT2D eigenvalue weighted by atomic mass is 19.4. The minimum absolute atomic E-state index is 0.0240. The summed E-state index contributed by atoms with van der Waals surface area (Å²) in [7, 11) is 0. The molecule has 0 saturated carbocycles. The van der Waals surface area contributed by atoms with Crippen molar-refractivity contribution in [3.63, 3.8) is 0 Å². The highest BCUT2D eigenvalue weighted by Crippen LogP contribution is 2.27. The van der Waals surface area contributed by atoms with Crippen LogP contribution in [0.2, 0.25) is 0 Å². The number of alkyl halides is 5. The van der Waals surface area contributed by atoms with Crippen molar-refractivity contribution in [2.24, 2.45) is 5.92 Å². The molecule has 6 heteroatoms. The summed E-state index contributed by atoms with van der Waals surface area (Å²) >= 11 is 0. The van der Waals surface area contributed by atoms with Gasteiger partial charge in [-0.25, -0.2) is 0 Å². The van der Waals surface area contributed by atoms with Gasteiger partial charge in [0.1, 0.15) is 0 Å². The fourth-order valence-electron chi connectivity index (χ4n) is 1.12. The van der Waals surface area contributed by atoms with Crippen molar-refractivity contribution in [1.29, 1.82) is 0 Å². The Morgan fingerprint density at radius 1 is 1.14 bits per heavy atom. The molecule has 0 aromatic heterocycles. The van der Waals surface area contributed by atoms with Crippen LogP contribution < -0.4 is 0 Å². The summed E-state index contributed by atoms with van der Waals surface area (Å²) in [6.45, 7) is 0.150. The Morgan fingerprint density at radius 2 is 1.64 bits per heavy atom. The van der Waals surface area contributed by atoms with Crippen LogP contribution in [-0.4, -0.2) is 18.9 Å². The van der Waals surface area contributed by atoms with Crippen molar-refractivity contribution >= 4 is 0 Å². The first kappa shape index (κ1) is 13.6. The minimum atomic E-state index is -4.46. The monoisotopic (exact) mass is 220 g/mol. The normalized spacial score (nSPS) is 15.2. The number of ether oxygens (including phenoxy) is 1. The van der Waals surface area contributed by atoms with Crippen LogP contribution in [0, 0.1) is 5.92 Å². The number of hydrogen-bond donors (Lipinski definition) is 0. The van der Waals surface area contributed by atoms with Crippen LogP contribution in [0.4, 0.5) is 22.0 Å². The zero-order valence-corrected chi connectivity index (χ0v) is 7.94. The molecule has 0 radical (unpaired) electrons. The molecule has 1 atom stereocenters. The van der Waals surface area contributed by atoms with Gasteiger partial charge in [-0.1, -0.05) is 13.8 Å². The molecule has 14 heavy (non-hydrogen) atoms. The van der Waals surface area contributed by atoms with Crippen LogP contribution in [0.15, 0.2) is 0 Å². The summed E-state index contributed by atoms with van der Waals surface area (Å²) in [5.74, 6) is -0.110. The van der Waals surface area contributed by atoms with E-state index < -0.39 is 25.3 Å². The largest absolute Gasteiger partial charge is 0.391 e. The lowest BCUT2D eigenvalue weighted by atomic mass is 10.0. The van der Waals surface area contributed by atoms with Gasteiger partial charge in [0.2, 0.25) is 0 Å². The lowest BCUT2D eigenvalue weighted by Gasteiger charge is -2.20. The molecule has 0 unspecified atom stereocenters. The Balaban J connectivity index is 4.11. The predicted molar refractivity (Wildman–Crippen MR) is 41.0 cm³/mol. The molecule has 0 amide bonds. The van der Waals surface area contributed by atoms with Gasteiger partial charge in [0.05, 0.1) is 12.5 Å². The van der Waals surface area contributed by atoms with Crippen LogP contribution in [0.5, 0.6) is 0 Å². The molecule has 0 aromatic rings. The van der Waals surface area contributed by atoms with Gasteiger partial charge < -0.3 is 4.74 Å². The van der Waals surface area contributed by atoms with Gasteiger partial charge in [0, 0.05) is 0 Å². The molecule has 86 valence electrons. The van der Waals surface area contributed by atoms with Crippen molar-refractivity contribution in [3.05, 3.63) is 0 Å². The highest BCUT2D eigenvalue weighted by molar-refractivity contribution is 4.65. The average molecular weight is 220 g/mol. The molecule has 0 N–H and O–H groups in total. The van der Waals surface area contributed by atoms with Crippen molar-refractivity contribution in [1.82, 2.24) is 0 Å². The fraction of sp³-hybridized carbons (Fsp3) is 1.00. The summed E-state index contributed by atoms with van der Waals surface area (Å²) in [4.78, 5) is 0. The summed E-state index contributed by atoms with van der Waals surface area (Å²) in [6, 6.07) is 0. The fourth-order valence-corrected chi connectivity index (χ4v) is 1.12. The third-order valence-corrected chi connectivity index (χ3v) is 1.49. The van der Waals surface area contributed by atoms with E-state index in [-0.39, 0.29) is 12.3 Å². The summed E-state index contributed by atoms with van der Waals surface area (Å²) in [5.41, 5.74) is 0. The lowest BCUT2D eigenvalue weighted by molar-refractivity contribution is -0.210. The Kier molecular flexibility index (Phi) is 5.33. The molecule has 0 aliphatic carbocycles. The third-order valence-electron chi connectivity index (χ3n) is 1.49. The molecule has 0 rings (SSSR count). The zero-order valence-electron chi connectivity index (χ0n) is 7.94. The SMILES string of the molecule is CC(C)C[C@@H](CC(F)(F)F)OC(F)F. The van der Waals surface area contributed by atoms with Crippen LogP contribution in [0.25, 0.3) is 0 Å². The van der Waals surface area contributed by atoms with E-state index in [1.54, 1.807) is 13.8 Å². The quantitative estimate of drug-likeness (QED) is 0.643. The van der Waals surface area contributed by atoms with E-state index in [1.165, 1.54) is 0 Å². The second-order valence-corrected chi connectivity index (χ2v) is 3.47. The molecular weight excluding hydrogens is 207 g/mol. The molecule has 1 nitrogen and oxygen atoms in total. The summed E-state index contributed by atoms with van der Waals surface area (Å²) < 4.78 is 63.0. The van der Waals surface area contributed by atoms with E-state index in [4.69, 9.17) is 0 Å². The van der Waals surface area contributed by atoms with Gasteiger partial charge in [-0.3, -0.25) is 0 Å². The number of halogens is 5. The van der Waals surface area contributed by atoms with Crippen molar-refractivity contribution in [2.75, 3.05) is 0 Å². The van der Waals surface area contributed by atoms with Crippen LogP contribution >= 0.6 is 0 Å². The third kappa shape index (κ3) is 8.22. The summed E-state index contributed by atoms with van der Waals surface area (Å²) in [6.07, 6.45) is -7.26. The van der Waals surface area contributed by atoms with E-state index in [9.17, 15) is 22.0 Å². The Bertz CT molecular complexity index is 144. The molecule has 0 bridgehead atoms. The first-order valence-electron chi connectivity index (χ1n) is 4.21. The zero-order chi connectivity index (χ0) is 11.4. The standard InChI is InChI=1S/C8H13F5O/c1-5(2)3-6(14-7(9)10)4-8(11,12)13/h5-7H,3-4H2,1-2H3/t6-/m0/s1. The topological polar surface area (TPSA) is 9.23 Å². The van der Waals surface area contributed by atoms with E-state index in [2.05, 4.69) is 4.74 Å². The van der Waals surface area contributed by atoms with Crippen LogP contribution in [-0.2, 0) is 4.74 Å². The van der Waals surface area contributed by atoms with Crippen molar-refractivity contribution < 1.29 is 26.7 Å². The Morgan fingerprint density at radius 3 is 1.93 bits per heavy atom. The van der Waals surface area contributed by atoms with E-state index >= 15 is 0 Å². The maximum absolute atomic E-state index is 11.9. The molecule has 0 aromatic carbocycles. The molecule has 0 aliphatic rings. The minimum Gasteiger partial charge on any atom is -0.319 e. The van der Waals surface area contributed by atoms with Gasteiger partial charge in [0.15, 0.2) is 0 Å². The Labute approximate surface area is 79.2 Å². The maximum atomic E-state index is 11.9.